The van der Waals surface area contributed by atoms with Gasteiger partial charge in [0, 0.05) is 5.56 Å². The Morgan fingerprint density at radius 2 is 1.83 bits per heavy atom. The standard InChI is InChI=1S/C14H14N4/c1-8-2-5-12-13(6-8)18-14(17-12)9-3-4-10(15)11(16)7-9/h2-7H,15-16H2,1H3,(H,17,18). The molecule has 0 saturated heterocycles. The Kier molecular flexibility index (Phi) is 2.23. The Labute approximate surface area is 105 Å². The summed E-state index contributed by atoms with van der Waals surface area (Å²) in [6.45, 7) is 2.06. The number of nitrogens with one attached hydrogen (secondary N) is 1. The van der Waals surface area contributed by atoms with Crippen molar-refractivity contribution in [2.45, 2.75) is 6.92 Å². The van der Waals surface area contributed by atoms with Crippen LogP contribution in [0.15, 0.2) is 36.4 Å². The summed E-state index contributed by atoms with van der Waals surface area (Å²) < 4.78 is 0. The number of aromatic amines is 1. The fraction of sp³-hybridized carbons (Fsp3) is 0.0714. The molecule has 4 heteroatoms. The van der Waals surface area contributed by atoms with Gasteiger partial charge in [0.1, 0.15) is 5.82 Å². The number of imidazole rings is 1. The van der Waals surface area contributed by atoms with Crippen molar-refractivity contribution in [3.8, 4) is 11.4 Å². The van der Waals surface area contributed by atoms with Crippen molar-refractivity contribution in [3.05, 3.63) is 42.0 Å². The number of aromatic nitrogens is 2. The predicted molar refractivity (Wildman–Crippen MR) is 75.1 cm³/mol. The van der Waals surface area contributed by atoms with E-state index in [-0.39, 0.29) is 0 Å². The van der Waals surface area contributed by atoms with Crippen molar-refractivity contribution >= 4 is 22.4 Å². The van der Waals surface area contributed by atoms with Crippen molar-refractivity contribution < 1.29 is 0 Å². The van der Waals surface area contributed by atoms with E-state index in [4.69, 9.17) is 11.5 Å². The van der Waals surface area contributed by atoms with E-state index >= 15 is 0 Å². The van der Waals surface area contributed by atoms with Gasteiger partial charge in [-0.05, 0) is 42.8 Å². The number of aryl methyl sites for hydroxylation is 1. The van der Waals surface area contributed by atoms with Gasteiger partial charge in [-0.2, -0.15) is 0 Å². The van der Waals surface area contributed by atoms with E-state index < -0.39 is 0 Å². The molecule has 0 aliphatic heterocycles. The molecule has 0 aliphatic rings. The predicted octanol–water partition coefficient (Wildman–Crippen LogP) is 2.70. The van der Waals surface area contributed by atoms with Crippen LogP contribution in [0, 0.1) is 6.92 Å². The molecule has 2 aromatic carbocycles. The zero-order chi connectivity index (χ0) is 12.7. The summed E-state index contributed by atoms with van der Waals surface area (Å²) in [5, 5.41) is 0. The van der Waals surface area contributed by atoms with Crippen LogP contribution in [0.25, 0.3) is 22.4 Å². The second kappa shape index (κ2) is 3.77. The van der Waals surface area contributed by atoms with Crippen LogP contribution in [0.4, 0.5) is 11.4 Å². The highest BCUT2D eigenvalue weighted by Crippen LogP contribution is 2.25. The second-order valence-corrected chi connectivity index (χ2v) is 4.45. The van der Waals surface area contributed by atoms with Gasteiger partial charge in [0.15, 0.2) is 0 Å². The average molecular weight is 238 g/mol. The van der Waals surface area contributed by atoms with Gasteiger partial charge in [0.25, 0.3) is 0 Å². The van der Waals surface area contributed by atoms with Crippen LogP contribution in [-0.4, -0.2) is 9.97 Å². The smallest absolute Gasteiger partial charge is 0.138 e. The highest BCUT2D eigenvalue weighted by molar-refractivity contribution is 5.81. The van der Waals surface area contributed by atoms with Crippen LogP contribution in [0.5, 0.6) is 0 Å². The molecule has 1 aromatic heterocycles. The molecule has 0 bridgehead atoms. The number of nitrogen functional groups attached to an aromatic ring is 2. The van der Waals surface area contributed by atoms with Crippen molar-refractivity contribution in [1.82, 2.24) is 9.97 Å². The van der Waals surface area contributed by atoms with Crippen molar-refractivity contribution in [2.75, 3.05) is 11.5 Å². The third kappa shape index (κ3) is 1.68. The molecule has 3 aromatic rings. The van der Waals surface area contributed by atoms with Gasteiger partial charge in [-0.15, -0.1) is 0 Å². The van der Waals surface area contributed by atoms with Crippen molar-refractivity contribution in [3.63, 3.8) is 0 Å². The van der Waals surface area contributed by atoms with Gasteiger partial charge < -0.3 is 16.5 Å². The first-order valence-corrected chi connectivity index (χ1v) is 5.75. The largest absolute Gasteiger partial charge is 0.397 e. The van der Waals surface area contributed by atoms with Crippen LogP contribution in [-0.2, 0) is 0 Å². The number of hydrogen-bond donors (Lipinski definition) is 3. The number of rotatable bonds is 1. The maximum absolute atomic E-state index is 5.81. The number of fused-ring (bicyclic) bond motifs is 1. The SMILES string of the molecule is Cc1ccc2nc(-c3ccc(N)c(N)c3)[nH]c2c1. The molecule has 0 fully saturated rings. The molecule has 0 radical (unpaired) electrons. The van der Waals surface area contributed by atoms with Gasteiger partial charge in [-0.1, -0.05) is 6.07 Å². The zero-order valence-electron chi connectivity index (χ0n) is 10.1. The normalized spacial score (nSPS) is 10.9. The monoisotopic (exact) mass is 238 g/mol. The quantitative estimate of drug-likeness (QED) is 0.570. The Morgan fingerprint density at radius 1 is 1.00 bits per heavy atom. The minimum atomic E-state index is 0.573. The van der Waals surface area contributed by atoms with Gasteiger partial charge >= 0.3 is 0 Å². The van der Waals surface area contributed by atoms with Crippen LogP contribution in [0.1, 0.15) is 5.56 Å². The number of nitrogens with two attached hydrogens (primary N) is 2. The molecule has 0 atom stereocenters. The molecule has 5 N–H and O–H groups in total. The first kappa shape index (κ1) is 10.7. The first-order valence-electron chi connectivity index (χ1n) is 5.75. The van der Waals surface area contributed by atoms with Crippen molar-refractivity contribution in [2.24, 2.45) is 0 Å². The third-order valence-electron chi connectivity index (χ3n) is 3.00. The van der Waals surface area contributed by atoms with Gasteiger partial charge in [0.05, 0.1) is 22.4 Å². The minimum Gasteiger partial charge on any atom is -0.397 e. The molecule has 0 unspecified atom stereocenters. The fourth-order valence-corrected chi connectivity index (χ4v) is 1.98. The fourth-order valence-electron chi connectivity index (χ4n) is 1.98. The van der Waals surface area contributed by atoms with E-state index in [1.54, 1.807) is 6.07 Å². The van der Waals surface area contributed by atoms with Crippen LogP contribution < -0.4 is 11.5 Å². The number of H-pyrrole nitrogens is 1. The van der Waals surface area contributed by atoms with E-state index in [0.29, 0.717) is 11.4 Å². The van der Waals surface area contributed by atoms with E-state index in [2.05, 4.69) is 23.0 Å². The molecular weight excluding hydrogens is 224 g/mol. The molecule has 90 valence electrons. The van der Waals surface area contributed by atoms with Gasteiger partial charge in [-0.3, -0.25) is 0 Å². The number of hydrogen-bond acceptors (Lipinski definition) is 3. The Bertz CT molecular complexity index is 728. The summed E-state index contributed by atoms with van der Waals surface area (Å²) in [6.07, 6.45) is 0. The Hall–Kier alpha value is -2.49. The average Bonchev–Trinajstić information content (AvgIpc) is 2.75. The molecule has 0 amide bonds. The number of nitrogens with zero attached hydrogens (tertiary/aromatic N) is 1. The topological polar surface area (TPSA) is 80.7 Å². The van der Waals surface area contributed by atoms with E-state index in [1.165, 1.54) is 5.56 Å². The van der Waals surface area contributed by atoms with Crippen molar-refractivity contribution in [1.29, 1.82) is 0 Å². The third-order valence-corrected chi connectivity index (χ3v) is 3.00. The van der Waals surface area contributed by atoms with Crippen LogP contribution >= 0.6 is 0 Å². The maximum atomic E-state index is 5.81. The van der Waals surface area contributed by atoms with E-state index in [1.807, 2.05) is 24.3 Å². The summed E-state index contributed by atoms with van der Waals surface area (Å²) in [5.41, 5.74) is 16.8. The molecule has 0 saturated carbocycles. The highest BCUT2D eigenvalue weighted by Gasteiger charge is 2.06. The van der Waals surface area contributed by atoms with E-state index in [0.717, 1.165) is 22.4 Å². The maximum Gasteiger partial charge on any atom is 0.138 e. The van der Waals surface area contributed by atoms with Gasteiger partial charge in [-0.25, -0.2) is 4.98 Å². The molecule has 1 heterocycles. The molecular formula is C14H14N4. The van der Waals surface area contributed by atoms with Crippen LogP contribution in [0.2, 0.25) is 0 Å². The second-order valence-electron chi connectivity index (χ2n) is 4.45. The van der Waals surface area contributed by atoms with Crippen LogP contribution in [0.3, 0.4) is 0 Å². The lowest BCUT2D eigenvalue weighted by atomic mass is 10.1. The summed E-state index contributed by atoms with van der Waals surface area (Å²) in [4.78, 5) is 7.83. The zero-order valence-corrected chi connectivity index (χ0v) is 10.1. The van der Waals surface area contributed by atoms with E-state index in [9.17, 15) is 0 Å². The summed E-state index contributed by atoms with van der Waals surface area (Å²) in [5.74, 6) is 0.808. The minimum absolute atomic E-state index is 0.573. The molecule has 0 spiro atoms. The number of benzene rings is 2. The lowest BCUT2D eigenvalue weighted by Crippen LogP contribution is -1.94. The highest BCUT2D eigenvalue weighted by atomic mass is 14.9. The Morgan fingerprint density at radius 3 is 2.61 bits per heavy atom. The summed E-state index contributed by atoms with van der Waals surface area (Å²) >= 11 is 0. The lowest BCUT2D eigenvalue weighted by molar-refractivity contribution is 1.34. The Balaban J connectivity index is 2.16. The number of anilines is 2. The molecule has 4 nitrogen and oxygen atoms in total. The lowest BCUT2D eigenvalue weighted by Gasteiger charge is -2.01. The molecule has 18 heavy (non-hydrogen) atoms. The first-order chi connectivity index (χ1) is 8.63. The van der Waals surface area contributed by atoms with Gasteiger partial charge in [0.2, 0.25) is 0 Å². The molecule has 3 rings (SSSR count). The summed E-state index contributed by atoms with van der Waals surface area (Å²) in [7, 11) is 0. The molecule has 0 aliphatic carbocycles. The summed E-state index contributed by atoms with van der Waals surface area (Å²) in [6, 6.07) is 11.7.